The van der Waals surface area contributed by atoms with Crippen molar-refractivity contribution in [2.24, 2.45) is 10.9 Å². The van der Waals surface area contributed by atoms with E-state index in [9.17, 15) is 0 Å². The van der Waals surface area contributed by atoms with Gasteiger partial charge in [-0.25, -0.2) is 0 Å². The number of para-hydroxylation sites is 1. The standard InChI is InChI=1S/C13H12ClN3/c14-10-7-5-9(6-8-10)13(17-16)11-3-1-2-4-12(11)15/h1-8H,15-16H2/b17-13+. The maximum atomic E-state index is 5.90. The van der Waals surface area contributed by atoms with Crippen LogP contribution in [-0.4, -0.2) is 5.71 Å². The zero-order chi connectivity index (χ0) is 12.3. The predicted molar refractivity (Wildman–Crippen MR) is 72.1 cm³/mol. The minimum atomic E-state index is 0.645. The number of hydrogen-bond donors (Lipinski definition) is 2. The molecule has 86 valence electrons. The van der Waals surface area contributed by atoms with Gasteiger partial charge in [-0.2, -0.15) is 5.10 Å². The third-order valence-electron chi connectivity index (χ3n) is 2.46. The molecular formula is C13H12ClN3. The van der Waals surface area contributed by atoms with Gasteiger partial charge in [0.2, 0.25) is 0 Å². The lowest BCUT2D eigenvalue weighted by atomic mass is 10.0. The third kappa shape index (κ3) is 2.40. The summed E-state index contributed by atoms with van der Waals surface area (Å²) >= 11 is 5.84. The van der Waals surface area contributed by atoms with Crippen LogP contribution in [0.3, 0.4) is 0 Å². The molecule has 0 amide bonds. The molecule has 0 saturated carbocycles. The molecule has 0 heterocycles. The Morgan fingerprint density at radius 2 is 1.65 bits per heavy atom. The highest BCUT2D eigenvalue weighted by Crippen LogP contribution is 2.18. The Balaban J connectivity index is 2.49. The molecule has 0 aromatic heterocycles. The molecule has 0 spiro atoms. The van der Waals surface area contributed by atoms with Crippen molar-refractivity contribution in [3.05, 3.63) is 64.7 Å². The lowest BCUT2D eigenvalue weighted by Crippen LogP contribution is -2.09. The predicted octanol–water partition coefficient (Wildman–Crippen LogP) is 2.63. The third-order valence-corrected chi connectivity index (χ3v) is 2.71. The zero-order valence-corrected chi connectivity index (χ0v) is 9.85. The molecule has 0 aliphatic rings. The maximum Gasteiger partial charge on any atom is 0.0991 e. The van der Waals surface area contributed by atoms with Gasteiger partial charge in [-0.3, -0.25) is 0 Å². The second kappa shape index (κ2) is 4.89. The molecule has 0 saturated heterocycles. The summed E-state index contributed by atoms with van der Waals surface area (Å²) in [5.74, 6) is 5.44. The first-order chi connectivity index (χ1) is 8.22. The molecule has 4 heteroatoms. The highest BCUT2D eigenvalue weighted by atomic mass is 35.5. The van der Waals surface area contributed by atoms with Crippen LogP contribution in [0.1, 0.15) is 11.1 Å². The van der Waals surface area contributed by atoms with Crippen molar-refractivity contribution in [1.29, 1.82) is 0 Å². The molecule has 0 aliphatic heterocycles. The van der Waals surface area contributed by atoms with Gasteiger partial charge in [0.05, 0.1) is 5.71 Å². The van der Waals surface area contributed by atoms with Crippen LogP contribution in [0.25, 0.3) is 0 Å². The lowest BCUT2D eigenvalue weighted by molar-refractivity contribution is 1.24. The molecule has 2 rings (SSSR count). The number of benzene rings is 2. The molecule has 17 heavy (non-hydrogen) atoms. The molecule has 2 aromatic rings. The molecule has 2 aromatic carbocycles. The largest absolute Gasteiger partial charge is 0.398 e. The summed E-state index contributed by atoms with van der Waals surface area (Å²) in [7, 11) is 0. The number of nitrogen functional groups attached to an aromatic ring is 1. The van der Waals surface area contributed by atoms with Crippen molar-refractivity contribution in [3.63, 3.8) is 0 Å². The van der Waals surface area contributed by atoms with Gasteiger partial charge in [0.1, 0.15) is 0 Å². The van der Waals surface area contributed by atoms with E-state index in [4.69, 9.17) is 23.2 Å². The fourth-order valence-corrected chi connectivity index (χ4v) is 1.75. The van der Waals surface area contributed by atoms with Gasteiger partial charge >= 0.3 is 0 Å². The first kappa shape index (κ1) is 11.5. The molecule has 0 radical (unpaired) electrons. The number of hydrogen-bond acceptors (Lipinski definition) is 3. The van der Waals surface area contributed by atoms with Crippen LogP contribution >= 0.6 is 11.6 Å². The summed E-state index contributed by atoms with van der Waals surface area (Å²) in [5.41, 5.74) is 8.90. The van der Waals surface area contributed by atoms with Crippen molar-refractivity contribution in [1.82, 2.24) is 0 Å². The minimum absolute atomic E-state index is 0.645. The van der Waals surface area contributed by atoms with Crippen LogP contribution in [-0.2, 0) is 0 Å². The maximum absolute atomic E-state index is 5.90. The topological polar surface area (TPSA) is 64.4 Å². The number of anilines is 1. The molecular weight excluding hydrogens is 234 g/mol. The molecule has 0 aliphatic carbocycles. The van der Waals surface area contributed by atoms with Crippen molar-refractivity contribution >= 4 is 23.0 Å². The van der Waals surface area contributed by atoms with Crippen LogP contribution in [0.15, 0.2) is 53.6 Å². The minimum Gasteiger partial charge on any atom is -0.398 e. The highest BCUT2D eigenvalue weighted by Gasteiger charge is 2.09. The summed E-state index contributed by atoms with van der Waals surface area (Å²) < 4.78 is 0. The summed E-state index contributed by atoms with van der Waals surface area (Å²) in [6.07, 6.45) is 0. The fourth-order valence-electron chi connectivity index (χ4n) is 1.62. The SMILES string of the molecule is N/N=C(\c1ccc(Cl)cc1)c1ccccc1N. The van der Waals surface area contributed by atoms with E-state index in [1.54, 1.807) is 12.1 Å². The van der Waals surface area contributed by atoms with Crippen LogP contribution in [0.2, 0.25) is 5.02 Å². The quantitative estimate of drug-likeness (QED) is 0.370. The number of halogens is 1. The van der Waals surface area contributed by atoms with Gasteiger partial charge in [0.25, 0.3) is 0 Å². The van der Waals surface area contributed by atoms with Gasteiger partial charge in [-0.15, -0.1) is 0 Å². The summed E-state index contributed by atoms with van der Waals surface area (Å²) in [6, 6.07) is 14.8. The fraction of sp³-hybridized carbons (Fsp3) is 0. The Bertz CT molecular complexity index is 547. The Hall–Kier alpha value is -2.00. The average molecular weight is 246 g/mol. The van der Waals surface area contributed by atoms with Crippen molar-refractivity contribution < 1.29 is 0 Å². The van der Waals surface area contributed by atoms with Crippen LogP contribution in [0.4, 0.5) is 5.69 Å². The van der Waals surface area contributed by atoms with Gasteiger partial charge in [-0.1, -0.05) is 41.9 Å². The van der Waals surface area contributed by atoms with E-state index in [-0.39, 0.29) is 0 Å². The van der Waals surface area contributed by atoms with Crippen LogP contribution in [0, 0.1) is 0 Å². The Morgan fingerprint density at radius 1 is 1.00 bits per heavy atom. The van der Waals surface area contributed by atoms with Gasteiger partial charge < -0.3 is 11.6 Å². The zero-order valence-electron chi connectivity index (χ0n) is 9.10. The van der Waals surface area contributed by atoms with Gasteiger partial charge in [0, 0.05) is 21.8 Å². The van der Waals surface area contributed by atoms with Crippen molar-refractivity contribution in [2.45, 2.75) is 0 Å². The van der Waals surface area contributed by atoms with Crippen LogP contribution in [0.5, 0.6) is 0 Å². The van der Waals surface area contributed by atoms with E-state index < -0.39 is 0 Å². The number of rotatable bonds is 2. The number of hydrazone groups is 1. The second-order valence-electron chi connectivity index (χ2n) is 3.57. The van der Waals surface area contributed by atoms with Crippen molar-refractivity contribution in [3.8, 4) is 0 Å². The molecule has 4 N–H and O–H groups in total. The summed E-state index contributed by atoms with van der Waals surface area (Å²) in [4.78, 5) is 0. The van der Waals surface area contributed by atoms with Crippen molar-refractivity contribution in [2.75, 3.05) is 5.73 Å². The average Bonchev–Trinajstić information content (AvgIpc) is 2.35. The van der Waals surface area contributed by atoms with E-state index in [1.807, 2.05) is 36.4 Å². The molecule has 0 bridgehead atoms. The number of nitrogens with zero attached hydrogens (tertiary/aromatic N) is 1. The highest BCUT2D eigenvalue weighted by molar-refractivity contribution is 6.30. The normalized spacial score (nSPS) is 11.5. The Labute approximate surface area is 105 Å². The Kier molecular flexibility index (Phi) is 3.30. The number of nitrogens with two attached hydrogens (primary N) is 2. The smallest absolute Gasteiger partial charge is 0.0991 e. The summed E-state index contributed by atoms with van der Waals surface area (Å²) in [6.45, 7) is 0. The molecule has 3 nitrogen and oxygen atoms in total. The molecule has 0 atom stereocenters. The lowest BCUT2D eigenvalue weighted by Gasteiger charge is -2.08. The first-order valence-electron chi connectivity index (χ1n) is 5.11. The van der Waals surface area contributed by atoms with E-state index in [0.29, 0.717) is 16.4 Å². The van der Waals surface area contributed by atoms with Crippen LogP contribution < -0.4 is 11.6 Å². The van der Waals surface area contributed by atoms with E-state index in [1.165, 1.54) is 0 Å². The molecule has 0 unspecified atom stereocenters. The van der Waals surface area contributed by atoms with E-state index in [2.05, 4.69) is 5.10 Å². The second-order valence-corrected chi connectivity index (χ2v) is 4.01. The first-order valence-corrected chi connectivity index (χ1v) is 5.49. The van der Waals surface area contributed by atoms with Gasteiger partial charge in [0.15, 0.2) is 0 Å². The van der Waals surface area contributed by atoms with E-state index >= 15 is 0 Å². The monoisotopic (exact) mass is 245 g/mol. The van der Waals surface area contributed by atoms with E-state index in [0.717, 1.165) is 11.1 Å². The van der Waals surface area contributed by atoms with Gasteiger partial charge in [-0.05, 0) is 18.2 Å². The Morgan fingerprint density at radius 3 is 2.24 bits per heavy atom. The molecule has 0 fully saturated rings. The summed E-state index contributed by atoms with van der Waals surface area (Å²) in [5, 5.41) is 4.48.